The van der Waals surface area contributed by atoms with E-state index in [0.29, 0.717) is 26.1 Å². The van der Waals surface area contributed by atoms with Crippen molar-refractivity contribution in [2.75, 3.05) is 59.7 Å². The minimum absolute atomic E-state index is 0.0173. The van der Waals surface area contributed by atoms with Crippen LogP contribution in [0.4, 0.5) is 0 Å². The first-order chi connectivity index (χ1) is 10.6. The number of morpholine rings is 1. The molecule has 126 valence electrons. The predicted molar refractivity (Wildman–Crippen MR) is 81.4 cm³/mol. The normalized spacial score (nSPS) is 24.5. The molecule has 0 aromatic rings. The van der Waals surface area contributed by atoms with Gasteiger partial charge >= 0.3 is 0 Å². The summed E-state index contributed by atoms with van der Waals surface area (Å²) in [5, 5.41) is 2.95. The molecule has 1 N–H and O–H groups in total. The standard InChI is InChI=1S/C15H27N3O4/c1-12(11-21-2)18-10-13(9-14(18)19)15(20)16-3-4-17-5-7-22-8-6-17/h12-13H,3-11H2,1-2H3,(H,16,20)/t12-,13-/m1/s1. The summed E-state index contributed by atoms with van der Waals surface area (Å²) in [5.41, 5.74) is 0. The van der Waals surface area contributed by atoms with Gasteiger partial charge in [-0.3, -0.25) is 14.5 Å². The van der Waals surface area contributed by atoms with Gasteiger partial charge in [0.05, 0.1) is 31.8 Å². The average Bonchev–Trinajstić information content (AvgIpc) is 2.91. The molecule has 0 saturated carbocycles. The van der Waals surface area contributed by atoms with E-state index in [1.807, 2.05) is 6.92 Å². The van der Waals surface area contributed by atoms with Gasteiger partial charge in [0, 0.05) is 46.3 Å². The van der Waals surface area contributed by atoms with Crippen LogP contribution in [0.2, 0.25) is 0 Å². The topological polar surface area (TPSA) is 71.1 Å². The third-order valence-corrected chi connectivity index (χ3v) is 4.30. The number of nitrogens with zero attached hydrogens (tertiary/aromatic N) is 2. The third-order valence-electron chi connectivity index (χ3n) is 4.30. The third kappa shape index (κ3) is 4.66. The van der Waals surface area contributed by atoms with Gasteiger partial charge in [-0.15, -0.1) is 0 Å². The van der Waals surface area contributed by atoms with Gasteiger partial charge in [0.15, 0.2) is 0 Å². The number of carbonyl (C=O) groups is 2. The summed E-state index contributed by atoms with van der Waals surface area (Å²) >= 11 is 0. The van der Waals surface area contributed by atoms with Gasteiger partial charge < -0.3 is 19.7 Å². The fourth-order valence-corrected chi connectivity index (χ4v) is 2.97. The van der Waals surface area contributed by atoms with E-state index in [2.05, 4.69) is 10.2 Å². The van der Waals surface area contributed by atoms with Crippen molar-refractivity contribution in [3.63, 3.8) is 0 Å². The second kappa shape index (κ2) is 8.45. The molecule has 0 aromatic heterocycles. The van der Waals surface area contributed by atoms with Gasteiger partial charge in [-0.2, -0.15) is 0 Å². The van der Waals surface area contributed by atoms with E-state index in [0.717, 1.165) is 32.8 Å². The molecular weight excluding hydrogens is 286 g/mol. The molecule has 0 spiro atoms. The van der Waals surface area contributed by atoms with Crippen molar-refractivity contribution >= 4 is 11.8 Å². The Morgan fingerprint density at radius 3 is 2.86 bits per heavy atom. The fourth-order valence-electron chi connectivity index (χ4n) is 2.97. The maximum absolute atomic E-state index is 12.2. The van der Waals surface area contributed by atoms with Crippen molar-refractivity contribution < 1.29 is 19.1 Å². The van der Waals surface area contributed by atoms with Crippen LogP contribution < -0.4 is 5.32 Å². The van der Waals surface area contributed by atoms with Gasteiger partial charge in [0.25, 0.3) is 0 Å². The highest BCUT2D eigenvalue weighted by molar-refractivity contribution is 5.89. The van der Waals surface area contributed by atoms with E-state index in [1.165, 1.54) is 0 Å². The van der Waals surface area contributed by atoms with Crippen LogP contribution in [0.3, 0.4) is 0 Å². The number of nitrogens with one attached hydrogen (secondary N) is 1. The van der Waals surface area contributed by atoms with Crippen LogP contribution >= 0.6 is 0 Å². The van der Waals surface area contributed by atoms with E-state index in [-0.39, 0.29) is 23.8 Å². The minimum Gasteiger partial charge on any atom is -0.383 e. The molecule has 0 aliphatic carbocycles. The number of amides is 2. The number of rotatable bonds is 7. The zero-order valence-electron chi connectivity index (χ0n) is 13.5. The largest absolute Gasteiger partial charge is 0.383 e. The van der Waals surface area contributed by atoms with Crippen LogP contribution in [0.15, 0.2) is 0 Å². The second-order valence-corrected chi connectivity index (χ2v) is 6.00. The Morgan fingerprint density at radius 1 is 1.45 bits per heavy atom. The van der Waals surface area contributed by atoms with Crippen LogP contribution in [0.5, 0.6) is 0 Å². The zero-order chi connectivity index (χ0) is 15.9. The Hall–Kier alpha value is -1.18. The van der Waals surface area contributed by atoms with Crippen LogP contribution in [0.25, 0.3) is 0 Å². The van der Waals surface area contributed by atoms with Crippen molar-refractivity contribution in [2.24, 2.45) is 5.92 Å². The highest BCUT2D eigenvalue weighted by atomic mass is 16.5. The lowest BCUT2D eigenvalue weighted by molar-refractivity contribution is -0.130. The number of carbonyl (C=O) groups excluding carboxylic acids is 2. The Balaban J connectivity index is 1.70. The van der Waals surface area contributed by atoms with Crippen molar-refractivity contribution in [1.29, 1.82) is 0 Å². The van der Waals surface area contributed by atoms with E-state index in [9.17, 15) is 9.59 Å². The highest BCUT2D eigenvalue weighted by Gasteiger charge is 2.36. The summed E-state index contributed by atoms with van der Waals surface area (Å²) in [6, 6.07) is 0.0173. The molecule has 2 rings (SSSR count). The first-order valence-corrected chi connectivity index (χ1v) is 7.98. The van der Waals surface area contributed by atoms with Crippen LogP contribution in [-0.2, 0) is 19.1 Å². The number of hydrogen-bond acceptors (Lipinski definition) is 5. The van der Waals surface area contributed by atoms with Crippen molar-refractivity contribution in [3.05, 3.63) is 0 Å². The van der Waals surface area contributed by atoms with E-state index in [1.54, 1.807) is 12.0 Å². The fraction of sp³-hybridized carbons (Fsp3) is 0.867. The first kappa shape index (κ1) is 17.2. The number of hydrogen-bond donors (Lipinski definition) is 1. The van der Waals surface area contributed by atoms with E-state index < -0.39 is 0 Å². The van der Waals surface area contributed by atoms with Crippen LogP contribution in [-0.4, -0.2) is 87.3 Å². The van der Waals surface area contributed by atoms with E-state index >= 15 is 0 Å². The average molecular weight is 313 g/mol. The van der Waals surface area contributed by atoms with Gasteiger partial charge in [-0.05, 0) is 6.92 Å². The Bertz CT molecular complexity index is 385. The van der Waals surface area contributed by atoms with Gasteiger partial charge in [-0.25, -0.2) is 0 Å². The van der Waals surface area contributed by atoms with Gasteiger partial charge in [0.1, 0.15) is 0 Å². The number of methoxy groups -OCH3 is 1. The summed E-state index contributed by atoms with van der Waals surface area (Å²) in [4.78, 5) is 28.2. The molecule has 2 heterocycles. The molecule has 0 unspecified atom stereocenters. The Morgan fingerprint density at radius 2 is 2.18 bits per heavy atom. The number of ether oxygens (including phenoxy) is 2. The Kier molecular flexibility index (Phi) is 6.60. The smallest absolute Gasteiger partial charge is 0.225 e. The molecule has 7 heteroatoms. The molecule has 2 amide bonds. The predicted octanol–water partition coefficient (Wildman–Crippen LogP) is -0.682. The summed E-state index contributed by atoms with van der Waals surface area (Å²) in [6.45, 7) is 7.75. The summed E-state index contributed by atoms with van der Waals surface area (Å²) < 4.78 is 10.4. The molecule has 0 aromatic carbocycles. The molecule has 0 bridgehead atoms. The molecule has 2 fully saturated rings. The van der Waals surface area contributed by atoms with Crippen molar-refractivity contribution in [1.82, 2.24) is 15.1 Å². The van der Waals surface area contributed by atoms with E-state index in [4.69, 9.17) is 9.47 Å². The molecule has 2 saturated heterocycles. The molecule has 22 heavy (non-hydrogen) atoms. The lowest BCUT2D eigenvalue weighted by Gasteiger charge is -2.26. The lowest BCUT2D eigenvalue weighted by atomic mass is 10.1. The molecule has 7 nitrogen and oxygen atoms in total. The van der Waals surface area contributed by atoms with Gasteiger partial charge in [0.2, 0.25) is 11.8 Å². The zero-order valence-corrected chi connectivity index (χ0v) is 13.5. The SMILES string of the molecule is COC[C@@H](C)N1C[C@H](C(=O)NCCN2CCOCC2)CC1=O. The van der Waals surface area contributed by atoms with Crippen LogP contribution in [0, 0.1) is 5.92 Å². The molecular formula is C15H27N3O4. The summed E-state index contributed by atoms with van der Waals surface area (Å²) in [7, 11) is 1.62. The van der Waals surface area contributed by atoms with Crippen molar-refractivity contribution in [3.8, 4) is 0 Å². The minimum atomic E-state index is -0.239. The quantitative estimate of drug-likeness (QED) is 0.674. The maximum Gasteiger partial charge on any atom is 0.225 e. The maximum atomic E-state index is 12.2. The monoisotopic (exact) mass is 313 g/mol. The Labute approximate surface area is 131 Å². The number of likely N-dealkylation sites (tertiary alicyclic amines) is 1. The molecule has 2 aliphatic rings. The van der Waals surface area contributed by atoms with Crippen LogP contribution in [0.1, 0.15) is 13.3 Å². The molecule has 0 radical (unpaired) electrons. The summed E-state index contributed by atoms with van der Waals surface area (Å²) in [5.74, 6) is -0.219. The molecule has 2 atom stereocenters. The first-order valence-electron chi connectivity index (χ1n) is 7.98. The second-order valence-electron chi connectivity index (χ2n) is 6.00. The lowest BCUT2D eigenvalue weighted by Crippen LogP contribution is -2.43. The van der Waals surface area contributed by atoms with Crippen molar-refractivity contribution in [2.45, 2.75) is 19.4 Å². The van der Waals surface area contributed by atoms with Gasteiger partial charge in [-0.1, -0.05) is 0 Å². The highest BCUT2D eigenvalue weighted by Crippen LogP contribution is 2.20. The molecule has 2 aliphatic heterocycles. The summed E-state index contributed by atoms with van der Waals surface area (Å²) in [6.07, 6.45) is 0.303.